The maximum atomic E-state index is 3.53. The van der Waals surface area contributed by atoms with Gasteiger partial charge in [0.15, 0.2) is 0 Å². The minimum Gasteiger partial charge on any atom is -0.314 e. The quantitative estimate of drug-likeness (QED) is 0.883. The Kier molecular flexibility index (Phi) is 4.35. The molecule has 1 N–H and O–H groups in total. The van der Waals surface area contributed by atoms with Gasteiger partial charge < -0.3 is 5.32 Å². The minimum atomic E-state index is 0.441. The van der Waals surface area contributed by atoms with E-state index in [1.54, 1.807) is 0 Å². The standard InChI is InChI=1S/C11H16BrNS/c1-7(8(2)13-4)5-10-6-11(12)9(3)14-10/h5-6,8,13H,1-4H3/b7-5+. The van der Waals surface area contributed by atoms with E-state index in [0.29, 0.717) is 6.04 Å². The molecule has 0 bridgehead atoms. The van der Waals surface area contributed by atoms with Crippen molar-refractivity contribution in [2.75, 3.05) is 7.05 Å². The molecule has 3 heteroatoms. The molecule has 1 aromatic heterocycles. The molecular formula is C11H16BrNS. The Balaban J connectivity index is 2.86. The molecule has 1 atom stereocenters. The number of thiophene rings is 1. The molecule has 0 saturated heterocycles. The van der Waals surface area contributed by atoms with Gasteiger partial charge in [0.25, 0.3) is 0 Å². The first-order valence-electron chi connectivity index (χ1n) is 4.66. The van der Waals surface area contributed by atoms with Crippen LogP contribution >= 0.6 is 27.3 Å². The van der Waals surface area contributed by atoms with E-state index in [1.165, 1.54) is 19.8 Å². The average molecular weight is 274 g/mol. The number of rotatable bonds is 3. The maximum Gasteiger partial charge on any atom is 0.0317 e. The first-order chi connectivity index (χ1) is 6.54. The van der Waals surface area contributed by atoms with Gasteiger partial charge in [-0.15, -0.1) is 11.3 Å². The molecule has 0 spiro atoms. The summed E-state index contributed by atoms with van der Waals surface area (Å²) in [5.41, 5.74) is 1.36. The fraction of sp³-hybridized carbons (Fsp3) is 0.455. The van der Waals surface area contributed by atoms with E-state index in [-0.39, 0.29) is 0 Å². The van der Waals surface area contributed by atoms with Gasteiger partial charge in [-0.25, -0.2) is 0 Å². The minimum absolute atomic E-state index is 0.441. The van der Waals surface area contributed by atoms with E-state index in [1.807, 2.05) is 18.4 Å². The molecule has 0 saturated carbocycles. The van der Waals surface area contributed by atoms with Crippen molar-refractivity contribution in [3.63, 3.8) is 0 Å². The second kappa shape index (κ2) is 5.10. The van der Waals surface area contributed by atoms with E-state index in [0.717, 1.165) is 0 Å². The van der Waals surface area contributed by atoms with E-state index >= 15 is 0 Å². The van der Waals surface area contributed by atoms with Crippen molar-refractivity contribution in [3.8, 4) is 0 Å². The van der Waals surface area contributed by atoms with Gasteiger partial charge in [-0.1, -0.05) is 5.57 Å². The number of likely N-dealkylation sites (N-methyl/N-ethyl adjacent to an activating group) is 1. The highest BCUT2D eigenvalue weighted by molar-refractivity contribution is 9.10. The van der Waals surface area contributed by atoms with Gasteiger partial charge in [-0.3, -0.25) is 0 Å². The SMILES string of the molecule is CNC(C)/C(C)=C/c1cc(Br)c(C)s1. The van der Waals surface area contributed by atoms with Crippen LogP contribution in [0.25, 0.3) is 6.08 Å². The molecule has 0 radical (unpaired) electrons. The van der Waals surface area contributed by atoms with Crippen LogP contribution in [-0.4, -0.2) is 13.1 Å². The molecular weight excluding hydrogens is 258 g/mol. The van der Waals surface area contributed by atoms with Crippen molar-refractivity contribution in [1.29, 1.82) is 0 Å². The molecule has 1 unspecified atom stereocenters. The molecule has 0 fully saturated rings. The average Bonchev–Trinajstić information content (AvgIpc) is 2.44. The molecule has 1 nitrogen and oxygen atoms in total. The predicted octanol–water partition coefficient (Wildman–Crippen LogP) is 3.83. The Bertz CT molecular complexity index is 322. The Morgan fingerprint density at radius 2 is 2.29 bits per heavy atom. The number of aryl methyl sites for hydroxylation is 1. The van der Waals surface area contributed by atoms with Crippen molar-refractivity contribution in [2.45, 2.75) is 26.8 Å². The monoisotopic (exact) mass is 273 g/mol. The number of hydrogen-bond donors (Lipinski definition) is 1. The van der Waals surface area contributed by atoms with Gasteiger partial charge in [0, 0.05) is 20.3 Å². The van der Waals surface area contributed by atoms with Crippen molar-refractivity contribution in [3.05, 3.63) is 25.9 Å². The largest absolute Gasteiger partial charge is 0.314 e. The number of halogens is 1. The Morgan fingerprint density at radius 1 is 1.64 bits per heavy atom. The fourth-order valence-corrected chi connectivity index (χ4v) is 2.70. The summed E-state index contributed by atoms with van der Waals surface area (Å²) < 4.78 is 1.21. The highest BCUT2D eigenvalue weighted by atomic mass is 79.9. The zero-order valence-electron chi connectivity index (χ0n) is 9.02. The lowest BCUT2D eigenvalue weighted by molar-refractivity contribution is 0.696. The highest BCUT2D eigenvalue weighted by Crippen LogP contribution is 2.28. The molecule has 0 aromatic carbocycles. The van der Waals surface area contributed by atoms with Crippen molar-refractivity contribution < 1.29 is 0 Å². The second-order valence-corrected chi connectivity index (χ2v) is 5.59. The van der Waals surface area contributed by atoms with Gasteiger partial charge in [0.1, 0.15) is 0 Å². The van der Waals surface area contributed by atoms with Gasteiger partial charge in [-0.05, 0) is 55.9 Å². The lowest BCUT2D eigenvalue weighted by Crippen LogP contribution is -2.21. The third-order valence-corrected chi connectivity index (χ3v) is 4.45. The molecule has 0 aliphatic rings. The summed E-state index contributed by atoms with van der Waals surface area (Å²) in [6.45, 7) is 6.45. The van der Waals surface area contributed by atoms with Crippen molar-refractivity contribution >= 4 is 33.3 Å². The Hall–Kier alpha value is -0.120. The molecule has 0 amide bonds. The van der Waals surface area contributed by atoms with Crippen molar-refractivity contribution in [1.82, 2.24) is 5.32 Å². The highest BCUT2D eigenvalue weighted by Gasteiger charge is 2.03. The van der Waals surface area contributed by atoms with E-state index in [9.17, 15) is 0 Å². The first kappa shape index (κ1) is 12.0. The van der Waals surface area contributed by atoms with Crippen LogP contribution in [-0.2, 0) is 0 Å². The van der Waals surface area contributed by atoms with Gasteiger partial charge in [0.05, 0.1) is 0 Å². The topological polar surface area (TPSA) is 12.0 Å². The van der Waals surface area contributed by atoms with Crippen LogP contribution in [0.5, 0.6) is 0 Å². The number of nitrogens with one attached hydrogen (secondary N) is 1. The summed E-state index contributed by atoms with van der Waals surface area (Å²) in [6.07, 6.45) is 2.24. The molecule has 14 heavy (non-hydrogen) atoms. The van der Waals surface area contributed by atoms with Crippen molar-refractivity contribution in [2.24, 2.45) is 0 Å². The van der Waals surface area contributed by atoms with Crippen LogP contribution < -0.4 is 5.32 Å². The molecule has 0 aliphatic carbocycles. The zero-order valence-corrected chi connectivity index (χ0v) is 11.4. The summed E-state index contributed by atoms with van der Waals surface area (Å²) in [5, 5.41) is 3.23. The number of hydrogen-bond acceptors (Lipinski definition) is 2. The molecule has 0 aliphatic heterocycles. The second-order valence-electron chi connectivity index (χ2n) is 3.45. The summed E-state index contributed by atoms with van der Waals surface area (Å²) in [7, 11) is 1.98. The fourth-order valence-electron chi connectivity index (χ4n) is 1.13. The smallest absolute Gasteiger partial charge is 0.0317 e. The summed E-state index contributed by atoms with van der Waals surface area (Å²) in [6, 6.07) is 2.61. The third kappa shape index (κ3) is 2.94. The molecule has 1 heterocycles. The third-order valence-electron chi connectivity index (χ3n) is 2.36. The van der Waals surface area contributed by atoms with Gasteiger partial charge in [0.2, 0.25) is 0 Å². The van der Waals surface area contributed by atoms with Crippen LogP contribution in [0.3, 0.4) is 0 Å². The Morgan fingerprint density at radius 3 is 2.71 bits per heavy atom. The van der Waals surface area contributed by atoms with Crippen LogP contribution in [0.4, 0.5) is 0 Å². The molecule has 1 aromatic rings. The van der Waals surface area contributed by atoms with Crippen LogP contribution in [0.15, 0.2) is 16.1 Å². The zero-order chi connectivity index (χ0) is 10.7. The van der Waals surface area contributed by atoms with Crippen LogP contribution in [0, 0.1) is 6.92 Å². The summed E-state index contributed by atoms with van der Waals surface area (Å²) in [4.78, 5) is 2.65. The lowest BCUT2D eigenvalue weighted by atomic mass is 10.1. The van der Waals surface area contributed by atoms with Crippen LogP contribution in [0.2, 0.25) is 0 Å². The molecule has 1 rings (SSSR count). The predicted molar refractivity (Wildman–Crippen MR) is 68.9 cm³/mol. The van der Waals surface area contributed by atoms with Crippen LogP contribution in [0.1, 0.15) is 23.6 Å². The molecule has 78 valence electrons. The van der Waals surface area contributed by atoms with Gasteiger partial charge >= 0.3 is 0 Å². The maximum absolute atomic E-state index is 3.53. The van der Waals surface area contributed by atoms with E-state index in [2.05, 4.69) is 54.2 Å². The normalized spacial score (nSPS) is 14.5. The lowest BCUT2D eigenvalue weighted by Gasteiger charge is -2.09. The van der Waals surface area contributed by atoms with Gasteiger partial charge in [-0.2, -0.15) is 0 Å². The summed E-state index contributed by atoms with van der Waals surface area (Å²) >= 11 is 5.35. The van der Waals surface area contributed by atoms with E-state index < -0.39 is 0 Å². The Labute approximate surface area is 98.4 Å². The summed E-state index contributed by atoms with van der Waals surface area (Å²) in [5.74, 6) is 0. The first-order valence-corrected chi connectivity index (χ1v) is 6.27. The van der Waals surface area contributed by atoms with E-state index in [4.69, 9.17) is 0 Å².